The van der Waals surface area contributed by atoms with Crippen molar-refractivity contribution in [1.82, 2.24) is 19.8 Å². The van der Waals surface area contributed by atoms with Crippen molar-refractivity contribution in [3.63, 3.8) is 0 Å². The predicted molar refractivity (Wildman–Crippen MR) is 126 cm³/mol. The van der Waals surface area contributed by atoms with Crippen LogP contribution in [0.2, 0.25) is 5.02 Å². The molecule has 4 rings (SSSR count). The van der Waals surface area contributed by atoms with E-state index in [1.165, 1.54) is 0 Å². The number of aryl methyl sites for hydroxylation is 1. The van der Waals surface area contributed by atoms with Crippen LogP contribution in [0.25, 0.3) is 5.69 Å². The van der Waals surface area contributed by atoms with Gasteiger partial charge in [0.1, 0.15) is 5.75 Å². The van der Waals surface area contributed by atoms with Crippen molar-refractivity contribution in [2.75, 3.05) is 20.3 Å². The highest BCUT2D eigenvalue weighted by Crippen LogP contribution is 2.42. The van der Waals surface area contributed by atoms with Gasteiger partial charge in [-0.1, -0.05) is 17.7 Å². The molecule has 0 aliphatic carbocycles. The van der Waals surface area contributed by atoms with Crippen LogP contribution in [0.1, 0.15) is 34.7 Å². The Balaban J connectivity index is 1.87. The van der Waals surface area contributed by atoms with Crippen LogP contribution in [-0.4, -0.2) is 44.9 Å². The first-order valence-corrected chi connectivity index (χ1v) is 10.9. The first-order valence-electron chi connectivity index (χ1n) is 10.1. The lowest BCUT2D eigenvalue weighted by molar-refractivity contribution is 0.223. The molecule has 1 aliphatic rings. The van der Waals surface area contributed by atoms with Crippen molar-refractivity contribution < 1.29 is 9.84 Å². The van der Waals surface area contributed by atoms with Crippen molar-refractivity contribution >= 4 is 28.9 Å². The predicted octanol–water partition coefficient (Wildman–Crippen LogP) is 4.12. The highest BCUT2D eigenvalue weighted by molar-refractivity contribution is 7.80. The third-order valence-corrected chi connectivity index (χ3v) is 6.30. The molecule has 2 atom stereocenters. The van der Waals surface area contributed by atoms with E-state index in [1.54, 1.807) is 13.3 Å². The molecule has 162 valence electrons. The molecule has 1 aliphatic heterocycles. The second-order valence-corrected chi connectivity index (χ2v) is 8.34. The standard InChI is InChI=1S/C23H25ClN4O2S/c1-14-12-17(15(2)28(14)19-13-16(24)7-8-20(19)30-3)22-21(18-6-4-5-9-25-18)26-23(31)27(22)10-11-29/h4-9,12-13,21-22,29H,10-11H2,1-3H3,(H,26,31)/t21-,22+/m1/s1. The number of nitrogens with one attached hydrogen (secondary N) is 1. The summed E-state index contributed by atoms with van der Waals surface area (Å²) < 4.78 is 7.75. The summed E-state index contributed by atoms with van der Waals surface area (Å²) in [6.07, 6.45) is 1.78. The molecular weight excluding hydrogens is 432 g/mol. The van der Waals surface area contributed by atoms with Gasteiger partial charge >= 0.3 is 0 Å². The van der Waals surface area contributed by atoms with Gasteiger partial charge < -0.3 is 24.6 Å². The number of nitrogens with zero attached hydrogens (tertiary/aromatic N) is 3. The normalized spacial score (nSPS) is 18.4. The Hall–Kier alpha value is -2.61. The van der Waals surface area contributed by atoms with Crippen LogP contribution < -0.4 is 10.1 Å². The van der Waals surface area contributed by atoms with Gasteiger partial charge in [0.25, 0.3) is 0 Å². The molecule has 2 N–H and O–H groups in total. The van der Waals surface area contributed by atoms with Crippen LogP contribution in [0.15, 0.2) is 48.7 Å². The first-order chi connectivity index (χ1) is 15.0. The van der Waals surface area contributed by atoms with Gasteiger partial charge in [-0.2, -0.15) is 0 Å². The Morgan fingerprint density at radius 1 is 1.23 bits per heavy atom. The molecule has 0 unspecified atom stereocenters. The molecule has 0 spiro atoms. The van der Waals surface area contributed by atoms with Crippen molar-refractivity contribution in [3.05, 3.63) is 76.3 Å². The second kappa shape index (κ2) is 8.86. The number of hydrogen-bond donors (Lipinski definition) is 2. The smallest absolute Gasteiger partial charge is 0.170 e. The third kappa shape index (κ3) is 3.89. The Labute approximate surface area is 192 Å². The summed E-state index contributed by atoms with van der Waals surface area (Å²) in [5.74, 6) is 0.742. The Morgan fingerprint density at radius 2 is 2.03 bits per heavy atom. The van der Waals surface area contributed by atoms with E-state index in [4.69, 9.17) is 28.6 Å². The number of aliphatic hydroxyl groups excluding tert-OH is 1. The number of ether oxygens (including phenoxy) is 1. The summed E-state index contributed by atoms with van der Waals surface area (Å²) in [5.41, 5.74) is 5.00. The molecule has 3 heterocycles. The van der Waals surface area contributed by atoms with Gasteiger partial charge in [0.15, 0.2) is 5.11 Å². The minimum Gasteiger partial charge on any atom is -0.495 e. The van der Waals surface area contributed by atoms with Crippen LogP contribution in [0.3, 0.4) is 0 Å². The fraction of sp³-hybridized carbons (Fsp3) is 0.304. The number of aliphatic hydroxyl groups is 1. The third-order valence-electron chi connectivity index (χ3n) is 5.71. The summed E-state index contributed by atoms with van der Waals surface area (Å²) >= 11 is 11.9. The highest BCUT2D eigenvalue weighted by atomic mass is 35.5. The van der Waals surface area contributed by atoms with Gasteiger partial charge in [-0.05, 0) is 68.0 Å². The average Bonchev–Trinajstić information content (AvgIpc) is 3.24. The maximum Gasteiger partial charge on any atom is 0.170 e. The number of methoxy groups -OCH3 is 1. The Bertz CT molecular complexity index is 1100. The lowest BCUT2D eigenvalue weighted by Crippen LogP contribution is -2.32. The molecule has 1 fully saturated rings. The number of pyridine rings is 1. The van der Waals surface area contributed by atoms with Gasteiger partial charge in [-0.3, -0.25) is 4.98 Å². The number of benzene rings is 1. The Kier molecular flexibility index (Phi) is 6.18. The van der Waals surface area contributed by atoms with Crippen molar-refractivity contribution in [2.45, 2.75) is 25.9 Å². The monoisotopic (exact) mass is 456 g/mol. The largest absolute Gasteiger partial charge is 0.495 e. The van der Waals surface area contributed by atoms with Gasteiger partial charge in [0.2, 0.25) is 0 Å². The fourth-order valence-corrected chi connectivity index (χ4v) is 4.89. The van der Waals surface area contributed by atoms with Crippen LogP contribution in [0.5, 0.6) is 5.75 Å². The lowest BCUT2D eigenvalue weighted by Gasteiger charge is -2.27. The molecule has 31 heavy (non-hydrogen) atoms. The number of aromatic nitrogens is 2. The van der Waals surface area contributed by atoms with E-state index in [9.17, 15) is 5.11 Å². The van der Waals surface area contributed by atoms with Crippen LogP contribution >= 0.6 is 23.8 Å². The van der Waals surface area contributed by atoms with Crippen molar-refractivity contribution in [3.8, 4) is 11.4 Å². The Morgan fingerprint density at radius 3 is 2.71 bits per heavy atom. The molecule has 1 aromatic carbocycles. The van der Waals surface area contributed by atoms with E-state index in [2.05, 4.69) is 34.8 Å². The van der Waals surface area contributed by atoms with Crippen LogP contribution in [-0.2, 0) is 0 Å². The molecule has 0 bridgehead atoms. The van der Waals surface area contributed by atoms with Gasteiger partial charge in [0, 0.05) is 29.2 Å². The maximum atomic E-state index is 9.69. The van der Waals surface area contributed by atoms with Gasteiger partial charge in [-0.15, -0.1) is 0 Å². The summed E-state index contributed by atoms with van der Waals surface area (Å²) in [5, 5.41) is 14.4. The van der Waals surface area contributed by atoms with Crippen molar-refractivity contribution in [2.24, 2.45) is 0 Å². The SMILES string of the molecule is COc1ccc(Cl)cc1-n1c(C)cc([C@H]2[C@@H](c3ccccn3)NC(=S)N2CCO)c1C. The van der Waals surface area contributed by atoms with E-state index < -0.39 is 0 Å². The topological polar surface area (TPSA) is 62.5 Å². The zero-order chi connectivity index (χ0) is 22.1. The summed E-state index contributed by atoms with van der Waals surface area (Å²) in [4.78, 5) is 6.60. The molecule has 0 saturated carbocycles. The zero-order valence-corrected chi connectivity index (χ0v) is 19.2. The maximum absolute atomic E-state index is 9.69. The van der Waals surface area contributed by atoms with E-state index >= 15 is 0 Å². The first kappa shape index (κ1) is 21.6. The average molecular weight is 457 g/mol. The molecule has 2 aromatic heterocycles. The number of β-amino-alcohol motifs (C(OH)–C–C–N with tert-alkyl or cyclic N) is 1. The van der Waals surface area contributed by atoms with Gasteiger partial charge in [0.05, 0.1) is 37.2 Å². The second-order valence-electron chi connectivity index (χ2n) is 7.52. The molecule has 3 aromatic rings. The molecule has 0 amide bonds. The fourth-order valence-electron chi connectivity index (χ4n) is 4.39. The quantitative estimate of drug-likeness (QED) is 0.544. The number of hydrogen-bond acceptors (Lipinski definition) is 4. The summed E-state index contributed by atoms with van der Waals surface area (Å²) in [6.45, 7) is 4.58. The number of thiocarbonyl (C=S) groups is 1. The molecular formula is C23H25ClN4O2S. The van der Waals surface area contributed by atoms with Crippen molar-refractivity contribution in [1.29, 1.82) is 0 Å². The van der Waals surface area contributed by atoms with E-state index in [0.29, 0.717) is 16.7 Å². The lowest BCUT2D eigenvalue weighted by atomic mass is 9.97. The van der Waals surface area contributed by atoms with E-state index in [1.807, 2.05) is 41.3 Å². The van der Waals surface area contributed by atoms with E-state index in [0.717, 1.165) is 34.1 Å². The van der Waals surface area contributed by atoms with E-state index in [-0.39, 0.29) is 18.7 Å². The number of halogens is 1. The zero-order valence-electron chi connectivity index (χ0n) is 17.7. The van der Waals surface area contributed by atoms with Crippen LogP contribution in [0.4, 0.5) is 0 Å². The molecule has 0 radical (unpaired) electrons. The summed E-state index contributed by atoms with van der Waals surface area (Å²) in [6, 6.07) is 13.4. The molecule has 6 nitrogen and oxygen atoms in total. The van der Waals surface area contributed by atoms with Crippen LogP contribution in [0, 0.1) is 13.8 Å². The number of rotatable bonds is 6. The minimum atomic E-state index is -0.129. The molecule has 1 saturated heterocycles. The highest BCUT2D eigenvalue weighted by Gasteiger charge is 2.41. The van der Waals surface area contributed by atoms with Gasteiger partial charge in [-0.25, -0.2) is 0 Å². The molecule has 8 heteroatoms. The summed E-state index contributed by atoms with van der Waals surface area (Å²) in [7, 11) is 1.65. The minimum absolute atomic E-state index is 0.00805.